The summed E-state index contributed by atoms with van der Waals surface area (Å²) in [5, 5.41) is 0. The highest BCUT2D eigenvalue weighted by atomic mass is 16.5. The van der Waals surface area contributed by atoms with E-state index in [4.69, 9.17) is 15.5 Å². The minimum absolute atomic E-state index is 0.0837. The topological polar surface area (TPSA) is 53.1 Å². The first kappa shape index (κ1) is 14.0. The fourth-order valence-electron chi connectivity index (χ4n) is 2.23. The van der Waals surface area contributed by atoms with E-state index in [2.05, 4.69) is 17.6 Å². The average Bonchev–Trinajstić information content (AvgIpc) is 2.75. The van der Waals surface area contributed by atoms with Crippen LogP contribution in [0, 0.1) is 0 Å². The van der Waals surface area contributed by atoms with Gasteiger partial charge in [-0.1, -0.05) is 12.1 Å². The van der Waals surface area contributed by atoms with E-state index in [0.717, 1.165) is 17.9 Å². The summed E-state index contributed by atoms with van der Waals surface area (Å²) in [6.45, 7) is 7.05. The first-order chi connectivity index (χ1) is 8.99. The fraction of sp³-hybridized carbons (Fsp3) is 0.533. The summed E-state index contributed by atoms with van der Waals surface area (Å²) in [6.07, 6.45) is 0.712. The van der Waals surface area contributed by atoms with Crippen molar-refractivity contribution in [3.8, 4) is 0 Å². The molecule has 0 aliphatic carbocycles. The molecule has 0 spiro atoms. The summed E-state index contributed by atoms with van der Waals surface area (Å²) >= 11 is 0. The second kappa shape index (κ2) is 5.31. The van der Waals surface area contributed by atoms with Crippen LogP contribution in [-0.4, -0.2) is 28.3 Å². The van der Waals surface area contributed by atoms with Crippen LogP contribution in [0.2, 0.25) is 0 Å². The van der Waals surface area contributed by atoms with Gasteiger partial charge in [0.2, 0.25) is 0 Å². The maximum absolute atomic E-state index is 6.26. The Bertz CT molecular complexity index is 560. The van der Waals surface area contributed by atoms with Gasteiger partial charge in [-0.25, -0.2) is 4.98 Å². The molecular formula is C15H23N3O. The predicted molar refractivity (Wildman–Crippen MR) is 78.2 cm³/mol. The van der Waals surface area contributed by atoms with Crippen LogP contribution in [0.4, 0.5) is 0 Å². The zero-order valence-corrected chi connectivity index (χ0v) is 12.2. The van der Waals surface area contributed by atoms with Crippen LogP contribution in [0.25, 0.3) is 11.0 Å². The molecule has 2 rings (SSSR count). The van der Waals surface area contributed by atoms with Gasteiger partial charge in [0.1, 0.15) is 5.82 Å². The minimum atomic E-state index is -0.350. The van der Waals surface area contributed by atoms with E-state index in [9.17, 15) is 0 Å². The van der Waals surface area contributed by atoms with Gasteiger partial charge in [-0.15, -0.1) is 0 Å². The van der Waals surface area contributed by atoms with E-state index in [0.29, 0.717) is 6.42 Å². The number of nitrogens with two attached hydrogens (primary N) is 1. The maximum Gasteiger partial charge on any atom is 0.111 e. The van der Waals surface area contributed by atoms with Crippen LogP contribution >= 0.6 is 0 Å². The first-order valence-corrected chi connectivity index (χ1v) is 6.74. The Balaban J connectivity index is 2.35. The number of hydrogen-bond donors (Lipinski definition) is 1. The van der Waals surface area contributed by atoms with Crippen molar-refractivity contribution in [1.29, 1.82) is 0 Å². The van der Waals surface area contributed by atoms with Gasteiger partial charge in [-0.3, -0.25) is 0 Å². The van der Waals surface area contributed by atoms with E-state index in [1.54, 1.807) is 7.11 Å². The van der Waals surface area contributed by atoms with E-state index < -0.39 is 0 Å². The molecule has 1 aromatic carbocycles. The molecule has 1 heterocycles. The van der Waals surface area contributed by atoms with Crippen LogP contribution in [-0.2, 0) is 17.7 Å². The Morgan fingerprint density at radius 3 is 2.68 bits per heavy atom. The summed E-state index contributed by atoms with van der Waals surface area (Å²) < 4.78 is 7.68. The van der Waals surface area contributed by atoms with Crippen LogP contribution in [0.1, 0.15) is 26.6 Å². The van der Waals surface area contributed by atoms with Crippen molar-refractivity contribution in [2.24, 2.45) is 5.73 Å². The summed E-state index contributed by atoms with van der Waals surface area (Å²) in [5.41, 5.74) is 8.11. The van der Waals surface area contributed by atoms with Crippen LogP contribution in [0.3, 0.4) is 0 Å². The number of aromatic nitrogens is 2. The molecule has 1 atom stereocenters. The molecule has 1 unspecified atom stereocenters. The number of para-hydroxylation sites is 2. The Labute approximate surface area is 114 Å². The lowest BCUT2D eigenvalue weighted by molar-refractivity contribution is 0.000185. The lowest BCUT2D eigenvalue weighted by Crippen LogP contribution is -2.46. The van der Waals surface area contributed by atoms with Gasteiger partial charge < -0.3 is 15.0 Å². The SMILES string of the molecule is CCn1c(CC(N)C(C)(C)OC)nc2ccccc21. The number of hydrogen-bond acceptors (Lipinski definition) is 3. The van der Waals surface area contributed by atoms with Gasteiger partial charge >= 0.3 is 0 Å². The van der Waals surface area contributed by atoms with Crippen molar-refractivity contribution in [3.63, 3.8) is 0 Å². The summed E-state index contributed by atoms with van der Waals surface area (Å²) in [6, 6.07) is 8.11. The third-order valence-corrected chi connectivity index (χ3v) is 3.87. The van der Waals surface area contributed by atoms with Crippen LogP contribution in [0.15, 0.2) is 24.3 Å². The standard InChI is InChI=1S/C15H23N3O/c1-5-18-12-9-7-6-8-11(12)17-14(18)10-13(16)15(2,3)19-4/h6-9,13H,5,10,16H2,1-4H3. The van der Waals surface area contributed by atoms with Gasteiger partial charge in [0.05, 0.1) is 16.6 Å². The van der Waals surface area contributed by atoms with Crippen molar-refractivity contribution < 1.29 is 4.74 Å². The van der Waals surface area contributed by atoms with Crippen LogP contribution < -0.4 is 5.73 Å². The maximum atomic E-state index is 6.26. The quantitative estimate of drug-likeness (QED) is 0.899. The number of imidazole rings is 1. The first-order valence-electron chi connectivity index (χ1n) is 6.74. The Morgan fingerprint density at radius 2 is 2.05 bits per heavy atom. The van der Waals surface area contributed by atoms with Crippen molar-refractivity contribution in [2.45, 2.75) is 45.4 Å². The average molecular weight is 261 g/mol. The fourth-order valence-corrected chi connectivity index (χ4v) is 2.23. The number of rotatable bonds is 5. The van der Waals surface area contributed by atoms with E-state index in [-0.39, 0.29) is 11.6 Å². The second-order valence-electron chi connectivity index (χ2n) is 5.38. The normalized spacial score (nSPS) is 13.9. The molecule has 104 valence electrons. The van der Waals surface area contributed by atoms with Gasteiger partial charge in [-0.2, -0.15) is 0 Å². The highest BCUT2D eigenvalue weighted by Gasteiger charge is 2.27. The molecule has 0 saturated carbocycles. The number of benzene rings is 1. The Morgan fingerprint density at radius 1 is 1.37 bits per heavy atom. The molecule has 19 heavy (non-hydrogen) atoms. The zero-order valence-electron chi connectivity index (χ0n) is 12.2. The molecule has 0 aliphatic rings. The van der Waals surface area contributed by atoms with E-state index in [1.807, 2.05) is 32.0 Å². The van der Waals surface area contributed by atoms with Crippen molar-refractivity contribution in [1.82, 2.24) is 9.55 Å². The number of aryl methyl sites for hydroxylation is 1. The molecule has 0 amide bonds. The largest absolute Gasteiger partial charge is 0.377 e. The molecule has 4 heteroatoms. The molecule has 1 aromatic heterocycles. The lowest BCUT2D eigenvalue weighted by atomic mass is 9.96. The highest BCUT2D eigenvalue weighted by Crippen LogP contribution is 2.20. The zero-order chi connectivity index (χ0) is 14.0. The van der Waals surface area contributed by atoms with Crippen molar-refractivity contribution in [3.05, 3.63) is 30.1 Å². The molecule has 2 N–H and O–H groups in total. The number of ether oxygens (including phenoxy) is 1. The Kier molecular flexibility index (Phi) is 3.92. The second-order valence-corrected chi connectivity index (χ2v) is 5.38. The molecule has 4 nitrogen and oxygen atoms in total. The molecular weight excluding hydrogens is 238 g/mol. The summed E-state index contributed by atoms with van der Waals surface area (Å²) in [5.74, 6) is 1.03. The van der Waals surface area contributed by atoms with Crippen molar-refractivity contribution in [2.75, 3.05) is 7.11 Å². The third kappa shape index (κ3) is 2.65. The molecule has 0 radical (unpaired) electrons. The molecule has 0 saturated heterocycles. The smallest absolute Gasteiger partial charge is 0.111 e. The van der Waals surface area contributed by atoms with E-state index in [1.165, 1.54) is 5.52 Å². The number of methoxy groups -OCH3 is 1. The van der Waals surface area contributed by atoms with Gasteiger partial charge in [-0.05, 0) is 32.9 Å². The van der Waals surface area contributed by atoms with Crippen molar-refractivity contribution >= 4 is 11.0 Å². The number of nitrogens with zero attached hydrogens (tertiary/aromatic N) is 2. The summed E-state index contributed by atoms with van der Waals surface area (Å²) in [7, 11) is 1.70. The predicted octanol–water partition coefficient (Wildman–Crippen LogP) is 2.35. The number of fused-ring (bicyclic) bond motifs is 1. The van der Waals surface area contributed by atoms with Gasteiger partial charge in [0, 0.05) is 26.1 Å². The highest BCUT2D eigenvalue weighted by molar-refractivity contribution is 5.75. The molecule has 0 fully saturated rings. The third-order valence-electron chi connectivity index (χ3n) is 3.87. The molecule has 0 bridgehead atoms. The minimum Gasteiger partial charge on any atom is -0.377 e. The van der Waals surface area contributed by atoms with Gasteiger partial charge in [0.25, 0.3) is 0 Å². The lowest BCUT2D eigenvalue weighted by Gasteiger charge is -2.30. The van der Waals surface area contributed by atoms with Crippen LogP contribution in [0.5, 0.6) is 0 Å². The summed E-state index contributed by atoms with van der Waals surface area (Å²) in [4.78, 5) is 4.70. The van der Waals surface area contributed by atoms with E-state index >= 15 is 0 Å². The monoisotopic (exact) mass is 261 g/mol. The Hall–Kier alpha value is -1.39. The molecule has 2 aromatic rings. The van der Waals surface area contributed by atoms with Gasteiger partial charge in [0.15, 0.2) is 0 Å². The molecule has 0 aliphatic heterocycles.